The first-order chi connectivity index (χ1) is 15.9. The number of rotatable bonds is 8. The van der Waals surface area contributed by atoms with Gasteiger partial charge in [-0.1, -0.05) is 0 Å². The molecule has 3 rings (SSSR count). The molecule has 0 aliphatic carbocycles. The molecular weight excluding hydrogens is 447 g/mol. The Balaban J connectivity index is 0.000000387. The molecule has 186 valence electrons. The minimum atomic E-state index is -3.02. The van der Waals surface area contributed by atoms with Crippen LogP contribution in [0.25, 0.3) is 22.3 Å². The lowest BCUT2D eigenvalue weighted by Gasteiger charge is -2.27. The van der Waals surface area contributed by atoms with Crippen molar-refractivity contribution in [3.05, 3.63) is 41.8 Å². The van der Waals surface area contributed by atoms with Gasteiger partial charge in [-0.05, 0) is 73.1 Å². The molecule has 0 saturated heterocycles. The number of aromatic nitrogens is 3. The average molecular weight is 480 g/mol. The normalized spacial score (nSPS) is 11.8. The van der Waals surface area contributed by atoms with E-state index in [1.165, 1.54) is 6.20 Å². The minimum absolute atomic E-state index is 0.00565. The Hall–Kier alpha value is -2.98. The van der Waals surface area contributed by atoms with Crippen molar-refractivity contribution in [3.8, 4) is 17.0 Å². The summed E-state index contributed by atoms with van der Waals surface area (Å²) >= 11 is 0. The molecule has 10 heteroatoms. The van der Waals surface area contributed by atoms with Crippen LogP contribution >= 0.6 is 0 Å². The number of ether oxygens (including phenoxy) is 1. The predicted octanol–water partition coefficient (Wildman–Crippen LogP) is 4.78. The Morgan fingerprint density at radius 1 is 1.24 bits per heavy atom. The number of hydrogen-bond acceptors (Lipinski definition) is 6. The Kier molecular flexibility index (Phi) is 9.17. The van der Waals surface area contributed by atoms with Gasteiger partial charge in [0.25, 0.3) is 0 Å². The highest BCUT2D eigenvalue weighted by Crippen LogP contribution is 2.33. The van der Waals surface area contributed by atoms with Crippen LogP contribution in [0.4, 0.5) is 13.2 Å². The highest BCUT2D eigenvalue weighted by atomic mass is 19.3. The fourth-order valence-electron chi connectivity index (χ4n) is 3.41. The average Bonchev–Trinajstić information content (AvgIpc) is 3.13. The van der Waals surface area contributed by atoms with Crippen LogP contribution in [0, 0.1) is 5.82 Å². The molecule has 0 amide bonds. The maximum atomic E-state index is 14.3. The smallest absolute Gasteiger partial charge is 0.387 e. The van der Waals surface area contributed by atoms with E-state index in [9.17, 15) is 18.0 Å². The third-order valence-electron chi connectivity index (χ3n) is 5.00. The van der Waals surface area contributed by atoms with Crippen molar-refractivity contribution in [2.45, 2.75) is 45.9 Å². The third-order valence-corrected chi connectivity index (χ3v) is 5.00. The molecule has 7 nitrogen and oxygen atoms in total. The van der Waals surface area contributed by atoms with Gasteiger partial charge in [0.2, 0.25) is 0 Å². The second-order valence-electron chi connectivity index (χ2n) is 9.03. The SMILES string of the molecule is CC(C)n1nc(-c2cc(OC(F)F)ccc2F)c2ncc(C=O)cc21.CNC(C)(C)CN(C)C. The number of carbonyl (C=O) groups is 1. The number of benzene rings is 1. The number of pyridine rings is 1. The zero-order chi connectivity index (χ0) is 25.6. The molecule has 2 aromatic heterocycles. The van der Waals surface area contributed by atoms with Gasteiger partial charge in [0.05, 0.1) is 5.52 Å². The predicted molar refractivity (Wildman–Crippen MR) is 127 cm³/mol. The van der Waals surface area contributed by atoms with Crippen LogP contribution < -0.4 is 10.1 Å². The van der Waals surface area contributed by atoms with E-state index in [0.717, 1.165) is 24.7 Å². The number of aldehydes is 1. The number of likely N-dealkylation sites (N-methyl/N-ethyl adjacent to an activating group) is 2. The second-order valence-corrected chi connectivity index (χ2v) is 9.03. The molecule has 1 aromatic carbocycles. The van der Waals surface area contributed by atoms with Crippen molar-refractivity contribution in [2.75, 3.05) is 27.7 Å². The Labute approximate surface area is 197 Å². The zero-order valence-corrected chi connectivity index (χ0v) is 20.6. The lowest BCUT2D eigenvalue weighted by atomic mass is 10.1. The summed E-state index contributed by atoms with van der Waals surface area (Å²) < 4.78 is 45.1. The van der Waals surface area contributed by atoms with E-state index in [0.29, 0.717) is 22.9 Å². The van der Waals surface area contributed by atoms with Crippen molar-refractivity contribution in [1.29, 1.82) is 0 Å². The Bertz CT molecular complexity index is 1110. The van der Waals surface area contributed by atoms with Crippen LogP contribution in [0.2, 0.25) is 0 Å². The monoisotopic (exact) mass is 479 g/mol. The number of alkyl halides is 2. The van der Waals surface area contributed by atoms with Crippen molar-refractivity contribution in [2.24, 2.45) is 0 Å². The first-order valence-electron chi connectivity index (χ1n) is 10.8. The summed E-state index contributed by atoms with van der Waals surface area (Å²) in [6.07, 6.45) is 2.00. The summed E-state index contributed by atoms with van der Waals surface area (Å²) in [5, 5.41) is 7.60. The van der Waals surface area contributed by atoms with Gasteiger partial charge >= 0.3 is 6.61 Å². The van der Waals surface area contributed by atoms with Gasteiger partial charge < -0.3 is 15.0 Å². The van der Waals surface area contributed by atoms with Gasteiger partial charge in [0.15, 0.2) is 6.29 Å². The molecule has 0 unspecified atom stereocenters. The van der Waals surface area contributed by atoms with Gasteiger partial charge in [0.1, 0.15) is 22.8 Å². The molecule has 0 bridgehead atoms. The number of nitrogens with zero attached hydrogens (tertiary/aromatic N) is 4. The quantitative estimate of drug-likeness (QED) is 0.469. The summed E-state index contributed by atoms with van der Waals surface area (Å²) in [7, 11) is 6.15. The first kappa shape index (κ1) is 27.3. The second kappa shape index (κ2) is 11.4. The lowest BCUT2D eigenvalue weighted by Crippen LogP contribution is -2.45. The van der Waals surface area contributed by atoms with Crippen molar-refractivity contribution in [1.82, 2.24) is 25.0 Å². The standard InChI is InChI=1S/C17H14F3N3O2.C7H18N2/c1-9(2)23-14-5-10(8-24)7-21-16(14)15(22-23)12-6-11(25-17(19)20)3-4-13(12)18;1-7(2,8-3)6-9(4)5/h3-9,17H,1-2H3;8H,6H2,1-5H3. The summed E-state index contributed by atoms with van der Waals surface area (Å²) in [6, 6.07) is 4.83. The molecule has 2 heterocycles. The highest BCUT2D eigenvalue weighted by Gasteiger charge is 2.20. The van der Waals surface area contributed by atoms with E-state index in [1.807, 2.05) is 20.9 Å². The van der Waals surface area contributed by atoms with E-state index in [1.54, 1.807) is 10.7 Å². The topological polar surface area (TPSA) is 72.3 Å². The number of halogens is 3. The minimum Gasteiger partial charge on any atom is -0.435 e. The molecule has 34 heavy (non-hydrogen) atoms. The Morgan fingerprint density at radius 3 is 2.41 bits per heavy atom. The summed E-state index contributed by atoms with van der Waals surface area (Å²) in [5.74, 6) is -0.818. The van der Waals surface area contributed by atoms with Crippen LogP contribution in [0.15, 0.2) is 30.5 Å². The maximum absolute atomic E-state index is 14.3. The molecule has 0 atom stereocenters. The summed E-state index contributed by atoms with van der Waals surface area (Å²) in [5.41, 5.74) is 1.70. The molecule has 3 aromatic rings. The van der Waals surface area contributed by atoms with Crippen molar-refractivity contribution < 1.29 is 22.7 Å². The van der Waals surface area contributed by atoms with Gasteiger partial charge in [-0.15, -0.1) is 0 Å². The fraction of sp³-hybridized carbons (Fsp3) is 0.458. The third kappa shape index (κ3) is 7.01. The molecule has 1 N–H and O–H groups in total. The van der Waals surface area contributed by atoms with Gasteiger partial charge in [-0.25, -0.2) is 4.39 Å². The van der Waals surface area contributed by atoms with E-state index in [4.69, 9.17) is 0 Å². The largest absolute Gasteiger partial charge is 0.435 e. The van der Waals surface area contributed by atoms with E-state index in [2.05, 4.69) is 53.0 Å². The molecule has 0 fully saturated rings. The lowest BCUT2D eigenvalue weighted by molar-refractivity contribution is -0.0498. The van der Waals surface area contributed by atoms with Gasteiger partial charge in [-0.2, -0.15) is 13.9 Å². The van der Waals surface area contributed by atoms with E-state index >= 15 is 0 Å². The van der Waals surface area contributed by atoms with E-state index in [-0.39, 0.29) is 28.6 Å². The fourth-order valence-corrected chi connectivity index (χ4v) is 3.41. The first-order valence-corrected chi connectivity index (χ1v) is 10.8. The molecule has 0 aliphatic rings. The van der Waals surface area contributed by atoms with Crippen molar-refractivity contribution in [3.63, 3.8) is 0 Å². The molecule has 0 saturated carbocycles. The highest BCUT2D eigenvalue weighted by molar-refractivity contribution is 5.93. The molecule has 0 aliphatic heterocycles. The van der Waals surface area contributed by atoms with Crippen LogP contribution in [0.1, 0.15) is 44.1 Å². The number of fused-ring (bicyclic) bond motifs is 1. The van der Waals surface area contributed by atoms with Crippen LogP contribution in [0.3, 0.4) is 0 Å². The number of nitrogens with one attached hydrogen (secondary N) is 1. The van der Waals surface area contributed by atoms with Gasteiger partial charge in [-0.3, -0.25) is 14.5 Å². The molecular formula is C24H32F3N5O2. The van der Waals surface area contributed by atoms with Gasteiger partial charge in [0, 0.05) is 35.4 Å². The van der Waals surface area contributed by atoms with Crippen molar-refractivity contribution >= 4 is 17.3 Å². The van der Waals surface area contributed by atoms with Crippen LogP contribution in [-0.2, 0) is 0 Å². The summed E-state index contributed by atoms with van der Waals surface area (Å²) in [4.78, 5) is 17.4. The van der Waals surface area contributed by atoms with Crippen LogP contribution in [-0.4, -0.2) is 65.8 Å². The van der Waals surface area contributed by atoms with E-state index < -0.39 is 12.4 Å². The summed E-state index contributed by atoms with van der Waals surface area (Å²) in [6.45, 7) is 6.17. The molecule has 0 radical (unpaired) electrons. The zero-order valence-electron chi connectivity index (χ0n) is 20.6. The maximum Gasteiger partial charge on any atom is 0.387 e. The van der Waals surface area contributed by atoms with Crippen LogP contribution in [0.5, 0.6) is 5.75 Å². The molecule has 0 spiro atoms. The Morgan fingerprint density at radius 2 is 1.91 bits per heavy atom. The number of hydrogen-bond donors (Lipinski definition) is 1. The number of carbonyl (C=O) groups excluding carboxylic acids is 1.